The SMILES string of the molecule is COc1ccc(S(=O)(=O)NC2(c3noc(C)n3)CCCC2)cc1Cl. The van der Waals surface area contributed by atoms with Gasteiger partial charge in [0.25, 0.3) is 0 Å². The Hall–Kier alpha value is -1.64. The maximum absolute atomic E-state index is 12.8. The van der Waals surface area contributed by atoms with Crippen LogP contribution in [0.2, 0.25) is 5.02 Å². The molecular formula is C15H18ClN3O4S. The third-order valence-corrected chi connectivity index (χ3v) is 6.01. The molecule has 2 aromatic rings. The molecule has 0 radical (unpaired) electrons. The van der Waals surface area contributed by atoms with E-state index in [1.165, 1.54) is 25.3 Å². The summed E-state index contributed by atoms with van der Waals surface area (Å²) in [5.41, 5.74) is -0.844. The highest BCUT2D eigenvalue weighted by Gasteiger charge is 2.43. The summed E-state index contributed by atoms with van der Waals surface area (Å²) >= 11 is 6.05. The minimum absolute atomic E-state index is 0.0693. The van der Waals surface area contributed by atoms with E-state index in [2.05, 4.69) is 14.9 Å². The standard InChI is InChI=1S/C15H18ClN3O4S/c1-10-17-14(18-23-10)15(7-3-4-8-15)19-24(20,21)11-5-6-13(22-2)12(16)9-11/h5-6,9,19H,3-4,7-8H2,1-2H3. The molecule has 1 aliphatic rings. The normalized spacial score (nSPS) is 17.1. The topological polar surface area (TPSA) is 94.3 Å². The van der Waals surface area contributed by atoms with Crippen molar-refractivity contribution in [1.29, 1.82) is 0 Å². The van der Waals surface area contributed by atoms with Gasteiger partial charge in [-0.15, -0.1) is 0 Å². The number of nitrogens with zero attached hydrogens (tertiary/aromatic N) is 2. The van der Waals surface area contributed by atoms with Crippen molar-refractivity contribution in [2.75, 3.05) is 7.11 Å². The van der Waals surface area contributed by atoms with Crippen LogP contribution in [0.5, 0.6) is 5.75 Å². The Kier molecular flexibility index (Phi) is 4.54. The fourth-order valence-corrected chi connectivity index (χ4v) is 4.74. The molecule has 0 atom stereocenters. The number of nitrogens with one attached hydrogen (secondary N) is 1. The van der Waals surface area contributed by atoms with Gasteiger partial charge in [0.2, 0.25) is 15.9 Å². The van der Waals surface area contributed by atoms with Crippen molar-refractivity contribution in [2.24, 2.45) is 0 Å². The van der Waals surface area contributed by atoms with E-state index in [0.717, 1.165) is 12.8 Å². The lowest BCUT2D eigenvalue weighted by molar-refractivity contribution is 0.338. The van der Waals surface area contributed by atoms with Gasteiger partial charge in [0, 0.05) is 6.92 Å². The number of rotatable bonds is 5. The third-order valence-electron chi connectivity index (χ3n) is 4.18. The van der Waals surface area contributed by atoms with Crippen molar-refractivity contribution in [1.82, 2.24) is 14.9 Å². The fourth-order valence-electron chi connectivity index (χ4n) is 2.97. The van der Waals surface area contributed by atoms with E-state index in [9.17, 15) is 8.42 Å². The quantitative estimate of drug-likeness (QED) is 0.868. The average molecular weight is 372 g/mol. The molecule has 0 amide bonds. The summed E-state index contributed by atoms with van der Waals surface area (Å²) in [7, 11) is -2.33. The maximum Gasteiger partial charge on any atom is 0.241 e. The Morgan fingerprint density at radius 1 is 1.33 bits per heavy atom. The Labute approximate surface area is 145 Å². The lowest BCUT2D eigenvalue weighted by Gasteiger charge is -2.26. The number of hydrogen-bond acceptors (Lipinski definition) is 6. The number of aromatic nitrogens is 2. The molecule has 9 heteroatoms. The molecule has 0 aliphatic heterocycles. The highest BCUT2D eigenvalue weighted by Crippen LogP contribution is 2.39. The van der Waals surface area contributed by atoms with Gasteiger partial charge in [-0.2, -0.15) is 9.71 Å². The molecule has 7 nitrogen and oxygen atoms in total. The molecule has 0 spiro atoms. The Bertz CT molecular complexity index is 844. The van der Waals surface area contributed by atoms with Crippen LogP contribution in [0.3, 0.4) is 0 Å². The number of halogens is 1. The molecule has 1 aromatic heterocycles. The zero-order valence-corrected chi connectivity index (χ0v) is 14.9. The van der Waals surface area contributed by atoms with Gasteiger partial charge in [-0.1, -0.05) is 29.6 Å². The van der Waals surface area contributed by atoms with Gasteiger partial charge < -0.3 is 9.26 Å². The predicted molar refractivity (Wildman–Crippen MR) is 87.5 cm³/mol. The van der Waals surface area contributed by atoms with Crippen LogP contribution < -0.4 is 9.46 Å². The zero-order valence-electron chi connectivity index (χ0n) is 13.4. The summed E-state index contributed by atoms with van der Waals surface area (Å²) in [6.45, 7) is 1.68. The Balaban J connectivity index is 1.96. The van der Waals surface area contributed by atoms with Gasteiger partial charge in [0.15, 0.2) is 5.82 Å². The van der Waals surface area contributed by atoms with Crippen LogP contribution in [0.25, 0.3) is 0 Å². The largest absolute Gasteiger partial charge is 0.495 e. The van der Waals surface area contributed by atoms with Crippen molar-refractivity contribution in [2.45, 2.75) is 43.0 Å². The molecule has 3 rings (SSSR count). The number of benzene rings is 1. The van der Waals surface area contributed by atoms with Crippen LogP contribution in [0.1, 0.15) is 37.4 Å². The minimum Gasteiger partial charge on any atom is -0.495 e. The van der Waals surface area contributed by atoms with Crippen molar-refractivity contribution >= 4 is 21.6 Å². The van der Waals surface area contributed by atoms with Gasteiger partial charge in [-0.25, -0.2) is 8.42 Å². The number of ether oxygens (including phenoxy) is 1. The minimum atomic E-state index is -3.80. The molecular weight excluding hydrogens is 354 g/mol. The van der Waals surface area contributed by atoms with Crippen LogP contribution in [0.15, 0.2) is 27.6 Å². The van der Waals surface area contributed by atoms with Crippen LogP contribution in [0, 0.1) is 6.92 Å². The lowest BCUT2D eigenvalue weighted by atomic mass is 9.99. The average Bonchev–Trinajstić information content (AvgIpc) is 3.17. The number of aryl methyl sites for hydroxylation is 1. The smallest absolute Gasteiger partial charge is 0.241 e. The van der Waals surface area contributed by atoms with E-state index >= 15 is 0 Å². The first kappa shape index (κ1) is 17.2. The van der Waals surface area contributed by atoms with E-state index in [4.69, 9.17) is 20.9 Å². The second-order valence-corrected chi connectivity index (χ2v) is 7.92. The summed E-state index contributed by atoms with van der Waals surface area (Å²) in [5.74, 6) is 1.20. The molecule has 0 bridgehead atoms. The Morgan fingerprint density at radius 2 is 2.04 bits per heavy atom. The summed E-state index contributed by atoms with van der Waals surface area (Å²) < 4.78 is 38.5. The molecule has 1 fully saturated rings. The fraction of sp³-hybridized carbons (Fsp3) is 0.467. The molecule has 1 aromatic carbocycles. The molecule has 0 unspecified atom stereocenters. The van der Waals surface area contributed by atoms with Gasteiger partial charge in [-0.05, 0) is 31.0 Å². The van der Waals surface area contributed by atoms with Crippen molar-refractivity contribution < 1.29 is 17.7 Å². The third kappa shape index (κ3) is 3.13. The summed E-state index contributed by atoms with van der Waals surface area (Å²) in [4.78, 5) is 4.31. The summed E-state index contributed by atoms with van der Waals surface area (Å²) in [6.07, 6.45) is 3.02. The predicted octanol–water partition coefficient (Wildman–Crippen LogP) is 2.79. The first-order chi connectivity index (χ1) is 11.4. The molecule has 24 heavy (non-hydrogen) atoms. The summed E-state index contributed by atoms with van der Waals surface area (Å²) in [6, 6.07) is 4.35. The number of sulfonamides is 1. The lowest BCUT2D eigenvalue weighted by Crippen LogP contribution is -2.44. The molecule has 1 aliphatic carbocycles. The van der Waals surface area contributed by atoms with E-state index in [1.54, 1.807) is 6.92 Å². The van der Waals surface area contributed by atoms with Crippen molar-refractivity contribution in [3.8, 4) is 5.75 Å². The van der Waals surface area contributed by atoms with Crippen molar-refractivity contribution in [3.05, 3.63) is 34.9 Å². The second kappa shape index (κ2) is 6.34. The molecule has 1 heterocycles. The monoisotopic (exact) mass is 371 g/mol. The van der Waals surface area contributed by atoms with E-state index < -0.39 is 15.6 Å². The number of methoxy groups -OCH3 is 1. The summed E-state index contributed by atoms with van der Waals surface area (Å²) in [5, 5.41) is 4.17. The highest BCUT2D eigenvalue weighted by atomic mass is 35.5. The van der Waals surface area contributed by atoms with Crippen molar-refractivity contribution in [3.63, 3.8) is 0 Å². The van der Waals surface area contributed by atoms with Gasteiger partial charge in [-0.3, -0.25) is 0 Å². The zero-order chi connectivity index (χ0) is 17.4. The molecule has 130 valence electrons. The van der Waals surface area contributed by atoms with E-state index in [1.807, 2.05) is 0 Å². The van der Waals surface area contributed by atoms with Gasteiger partial charge in [0.05, 0.1) is 22.6 Å². The van der Waals surface area contributed by atoms with Crippen LogP contribution in [-0.4, -0.2) is 25.7 Å². The van der Waals surface area contributed by atoms with E-state index in [-0.39, 0.29) is 9.92 Å². The first-order valence-electron chi connectivity index (χ1n) is 7.55. The van der Waals surface area contributed by atoms with Crippen LogP contribution in [-0.2, 0) is 15.6 Å². The second-order valence-electron chi connectivity index (χ2n) is 5.83. The van der Waals surface area contributed by atoms with Crippen LogP contribution in [0.4, 0.5) is 0 Å². The van der Waals surface area contributed by atoms with E-state index in [0.29, 0.717) is 30.3 Å². The van der Waals surface area contributed by atoms with Crippen LogP contribution >= 0.6 is 11.6 Å². The molecule has 1 N–H and O–H groups in total. The number of hydrogen-bond donors (Lipinski definition) is 1. The molecule has 0 saturated heterocycles. The first-order valence-corrected chi connectivity index (χ1v) is 9.41. The highest BCUT2D eigenvalue weighted by molar-refractivity contribution is 7.89. The maximum atomic E-state index is 12.8. The van der Waals surface area contributed by atoms with Gasteiger partial charge in [0.1, 0.15) is 5.75 Å². The Morgan fingerprint density at radius 3 is 2.58 bits per heavy atom. The van der Waals surface area contributed by atoms with Gasteiger partial charge >= 0.3 is 0 Å². The molecule has 1 saturated carbocycles.